The minimum Gasteiger partial charge on any atom is -0.467 e. The lowest BCUT2D eigenvalue weighted by Gasteiger charge is -2.17. The van der Waals surface area contributed by atoms with Gasteiger partial charge < -0.3 is 14.8 Å². The molecular formula is C20H23NO4. The smallest absolute Gasteiger partial charge is 0.328 e. The Bertz CT molecular complexity index is 700. The van der Waals surface area contributed by atoms with Gasteiger partial charge in [-0.2, -0.15) is 0 Å². The predicted molar refractivity (Wildman–Crippen MR) is 94.9 cm³/mol. The number of ether oxygens (including phenoxy) is 2. The highest BCUT2D eigenvalue weighted by atomic mass is 16.5. The SMILES string of the molecule is COC(=O)[C@@H](Cc1ccccc1C)NC(=O)COCc1ccccc1. The highest BCUT2D eigenvalue weighted by molar-refractivity contribution is 5.85. The van der Waals surface area contributed by atoms with E-state index in [9.17, 15) is 9.59 Å². The lowest BCUT2D eigenvalue weighted by molar-refractivity contribution is -0.145. The van der Waals surface area contributed by atoms with Crippen molar-refractivity contribution in [1.82, 2.24) is 5.32 Å². The zero-order valence-corrected chi connectivity index (χ0v) is 14.5. The summed E-state index contributed by atoms with van der Waals surface area (Å²) in [6.45, 7) is 2.19. The van der Waals surface area contributed by atoms with Gasteiger partial charge >= 0.3 is 5.97 Å². The molecule has 25 heavy (non-hydrogen) atoms. The van der Waals surface area contributed by atoms with Crippen molar-refractivity contribution in [3.63, 3.8) is 0 Å². The highest BCUT2D eigenvalue weighted by Crippen LogP contribution is 2.10. The van der Waals surface area contributed by atoms with Crippen molar-refractivity contribution in [2.75, 3.05) is 13.7 Å². The fourth-order valence-corrected chi connectivity index (χ4v) is 2.47. The second-order valence-electron chi connectivity index (χ2n) is 5.75. The number of benzene rings is 2. The Labute approximate surface area is 148 Å². The maximum Gasteiger partial charge on any atom is 0.328 e. The van der Waals surface area contributed by atoms with Gasteiger partial charge in [0.2, 0.25) is 5.91 Å². The maximum absolute atomic E-state index is 12.1. The van der Waals surface area contributed by atoms with E-state index in [1.54, 1.807) is 0 Å². The van der Waals surface area contributed by atoms with E-state index in [2.05, 4.69) is 5.32 Å². The van der Waals surface area contributed by atoms with Crippen LogP contribution >= 0.6 is 0 Å². The van der Waals surface area contributed by atoms with Crippen LogP contribution in [0.3, 0.4) is 0 Å². The largest absolute Gasteiger partial charge is 0.467 e. The van der Waals surface area contributed by atoms with E-state index >= 15 is 0 Å². The molecule has 0 saturated carbocycles. The molecule has 0 fully saturated rings. The number of hydrogen-bond donors (Lipinski definition) is 1. The van der Waals surface area contributed by atoms with Crippen molar-refractivity contribution in [2.24, 2.45) is 0 Å². The van der Waals surface area contributed by atoms with Crippen LogP contribution in [0.4, 0.5) is 0 Å². The van der Waals surface area contributed by atoms with Crippen LogP contribution in [0.5, 0.6) is 0 Å². The Kier molecular flexibility index (Phi) is 7.16. The van der Waals surface area contributed by atoms with Crippen LogP contribution in [0.15, 0.2) is 54.6 Å². The quantitative estimate of drug-likeness (QED) is 0.749. The van der Waals surface area contributed by atoms with Gasteiger partial charge in [-0.3, -0.25) is 4.79 Å². The summed E-state index contributed by atoms with van der Waals surface area (Å²) >= 11 is 0. The predicted octanol–water partition coefficient (Wildman–Crippen LogP) is 2.41. The van der Waals surface area contributed by atoms with Crippen LogP contribution in [-0.4, -0.2) is 31.6 Å². The van der Waals surface area contributed by atoms with Crippen molar-refractivity contribution in [3.8, 4) is 0 Å². The number of carbonyl (C=O) groups excluding carboxylic acids is 2. The molecule has 2 aromatic rings. The van der Waals surface area contributed by atoms with Crippen LogP contribution < -0.4 is 5.32 Å². The summed E-state index contributed by atoms with van der Waals surface area (Å²) in [5, 5.41) is 2.69. The van der Waals surface area contributed by atoms with Crippen LogP contribution in [0.1, 0.15) is 16.7 Å². The molecule has 5 nitrogen and oxygen atoms in total. The van der Waals surface area contributed by atoms with E-state index in [0.29, 0.717) is 13.0 Å². The van der Waals surface area contributed by atoms with Crippen molar-refractivity contribution < 1.29 is 19.1 Å². The molecule has 0 radical (unpaired) electrons. The molecule has 5 heteroatoms. The van der Waals surface area contributed by atoms with Crippen LogP contribution in [-0.2, 0) is 32.1 Å². The molecule has 0 unspecified atom stereocenters. The summed E-state index contributed by atoms with van der Waals surface area (Å²) in [5.74, 6) is -0.820. The number of methoxy groups -OCH3 is 1. The van der Waals surface area contributed by atoms with Gasteiger partial charge in [-0.25, -0.2) is 4.79 Å². The molecule has 0 aromatic heterocycles. The molecule has 0 bridgehead atoms. The van der Waals surface area contributed by atoms with Gasteiger partial charge in [0, 0.05) is 6.42 Å². The van der Waals surface area contributed by atoms with E-state index < -0.39 is 12.0 Å². The van der Waals surface area contributed by atoms with Crippen LogP contribution in [0.2, 0.25) is 0 Å². The summed E-state index contributed by atoms with van der Waals surface area (Å²) in [4.78, 5) is 24.1. The lowest BCUT2D eigenvalue weighted by Crippen LogP contribution is -2.44. The lowest BCUT2D eigenvalue weighted by atomic mass is 10.0. The van der Waals surface area contributed by atoms with E-state index in [-0.39, 0.29) is 12.5 Å². The molecule has 0 spiro atoms. The van der Waals surface area contributed by atoms with E-state index in [0.717, 1.165) is 16.7 Å². The van der Waals surface area contributed by atoms with Crippen molar-refractivity contribution in [1.29, 1.82) is 0 Å². The van der Waals surface area contributed by atoms with Gasteiger partial charge in [-0.15, -0.1) is 0 Å². The van der Waals surface area contributed by atoms with Crippen molar-refractivity contribution in [3.05, 3.63) is 71.3 Å². The van der Waals surface area contributed by atoms with E-state index in [1.807, 2.05) is 61.5 Å². The summed E-state index contributed by atoms with van der Waals surface area (Å²) < 4.78 is 10.2. The Balaban J connectivity index is 1.89. The normalized spacial score (nSPS) is 11.6. The number of aryl methyl sites for hydroxylation is 1. The average molecular weight is 341 g/mol. The van der Waals surface area contributed by atoms with E-state index in [4.69, 9.17) is 9.47 Å². The molecular weight excluding hydrogens is 318 g/mol. The van der Waals surface area contributed by atoms with Crippen LogP contribution in [0, 0.1) is 6.92 Å². The van der Waals surface area contributed by atoms with Gasteiger partial charge in [-0.1, -0.05) is 54.6 Å². The molecule has 0 aliphatic rings. The molecule has 0 aliphatic heterocycles. The molecule has 2 aromatic carbocycles. The zero-order chi connectivity index (χ0) is 18.1. The Hall–Kier alpha value is -2.66. The van der Waals surface area contributed by atoms with Gasteiger partial charge in [-0.05, 0) is 23.6 Å². The van der Waals surface area contributed by atoms with Crippen LogP contribution in [0.25, 0.3) is 0 Å². The van der Waals surface area contributed by atoms with Gasteiger partial charge in [0.15, 0.2) is 0 Å². The first-order valence-corrected chi connectivity index (χ1v) is 8.13. The van der Waals surface area contributed by atoms with Gasteiger partial charge in [0.1, 0.15) is 12.6 Å². The second kappa shape index (κ2) is 9.59. The Morgan fingerprint density at radius 2 is 1.72 bits per heavy atom. The first kappa shape index (κ1) is 18.7. The number of esters is 1. The summed E-state index contributed by atoms with van der Waals surface area (Å²) in [5.41, 5.74) is 3.04. The summed E-state index contributed by atoms with van der Waals surface area (Å²) in [6.07, 6.45) is 0.379. The van der Waals surface area contributed by atoms with Gasteiger partial charge in [0.25, 0.3) is 0 Å². The summed E-state index contributed by atoms with van der Waals surface area (Å²) in [6, 6.07) is 16.6. The zero-order valence-electron chi connectivity index (χ0n) is 14.5. The van der Waals surface area contributed by atoms with E-state index in [1.165, 1.54) is 7.11 Å². The number of carbonyl (C=O) groups is 2. The summed E-state index contributed by atoms with van der Waals surface area (Å²) in [7, 11) is 1.31. The number of hydrogen-bond acceptors (Lipinski definition) is 4. The third kappa shape index (κ3) is 6.04. The molecule has 1 N–H and O–H groups in total. The van der Waals surface area contributed by atoms with Crippen molar-refractivity contribution in [2.45, 2.75) is 26.0 Å². The molecule has 0 heterocycles. The number of nitrogens with one attached hydrogen (secondary N) is 1. The third-order valence-electron chi connectivity index (χ3n) is 3.85. The Morgan fingerprint density at radius 3 is 2.40 bits per heavy atom. The molecule has 2 rings (SSSR count). The minimum absolute atomic E-state index is 0.115. The first-order chi connectivity index (χ1) is 12.1. The average Bonchev–Trinajstić information content (AvgIpc) is 2.63. The molecule has 0 saturated heterocycles. The molecule has 1 atom stereocenters. The number of amides is 1. The standard InChI is InChI=1S/C20H23NO4/c1-15-8-6-7-11-17(15)12-18(20(23)24-2)21-19(22)14-25-13-16-9-4-3-5-10-16/h3-11,18H,12-14H2,1-2H3,(H,21,22)/t18-/m1/s1. The monoisotopic (exact) mass is 341 g/mol. The molecule has 1 amide bonds. The van der Waals surface area contributed by atoms with Gasteiger partial charge in [0.05, 0.1) is 13.7 Å². The minimum atomic E-state index is -0.737. The molecule has 132 valence electrons. The Morgan fingerprint density at radius 1 is 1.04 bits per heavy atom. The topological polar surface area (TPSA) is 64.6 Å². The second-order valence-corrected chi connectivity index (χ2v) is 5.75. The first-order valence-electron chi connectivity index (χ1n) is 8.13. The maximum atomic E-state index is 12.1. The fraction of sp³-hybridized carbons (Fsp3) is 0.300. The highest BCUT2D eigenvalue weighted by Gasteiger charge is 2.22. The fourth-order valence-electron chi connectivity index (χ4n) is 2.47. The third-order valence-corrected chi connectivity index (χ3v) is 3.85. The van der Waals surface area contributed by atoms with Crippen molar-refractivity contribution >= 4 is 11.9 Å². The molecule has 0 aliphatic carbocycles. The number of rotatable bonds is 8.